The van der Waals surface area contributed by atoms with Gasteiger partial charge in [-0.3, -0.25) is 4.84 Å². The Bertz CT molecular complexity index is 738. The molecule has 3 aromatic carbocycles. The quantitative estimate of drug-likeness (QED) is 0.634. The van der Waals surface area contributed by atoms with Gasteiger partial charge in [-0.2, -0.15) is 0 Å². The lowest BCUT2D eigenvalue weighted by atomic mass is 9.88. The van der Waals surface area contributed by atoms with Crippen LogP contribution in [0.3, 0.4) is 0 Å². The lowest BCUT2D eigenvalue weighted by Gasteiger charge is -2.27. The van der Waals surface area contributed by atoms with Gasteiger partial charge in [0.05, 0.1) is 11.7 Å². The Labute approximate surface area is 143 Å². The van der Waals surface area contributed by atoms with Crippen molar-refractivity contribution in [3.05, 3.63) is 102 Å². The third kappa shape index (κ3) is 2.70. The summed E-state index contributed by atoms with van der Waals surface area (Å²) in [5, 5.41) is 2.07. The molecule has 0 amide bonds. The van der Waals surface area contributed by atoms with Crippen molar-refractivity contribution in [2.24, 2.45) is 0 Å². The maximum Gasteiger partial charge on any atom is 0.121 e. The molecule has 1 heterocycles. The zero-order chi connectivity index (χ0) is 16.4. The number of para-hydroxylation sites is 1. The first kappa shape index (κ1) is 15.0. The monoisotopic (exact) mass is 315 g/mol. The SMILES string of the molecule is C[C@]1(c2ccccc2)C[C@H](c2ccccc2)N(c2ccccc2)O1. The Morgan fingerprint density at radius 3 is 1.96 bits per heavy atom. The Morgan fingerprint density at radius 1 is 0.792 bits per heavy atom. The molecule has 0 radical (unpaired) electrons. The van der Waals surface area contributed by atoms with E-state index in [1.54, 1.807) is 0 Å². The zero-order valence-corrected chi connectivity index (χ0v) is 13.8. The molecule has 0 spiro atoms. The van der Waals surface area contributed by atoms with E-state index in [-0.39, 0.29) is 11.6 Å². The van der Waals surface area contributed by atoms with E-state index in [9.17, 15) is 0 Å². The second kappa shape index (κ2) is 6.14. The van der Waals surface area contributed by atoms with Crippen LogP contribution in [-0.2, 0) is 10.4 Å². The molecule has 2 heteroatoms. The Kier molecular flexibility index (Phi) is 3.83. The number of nitrogens with zero attached hydrogens (tertiary/aromatic N) is 1. The molecule has 0 unspecified atom stereocenters. The van der Waals surface area contributed by atoms with E-state index < -0.39 is 0 Å². The van der Waals surface area contributed by atoms with Crippen molar-refractivity contribution < 1.29 is 4.84 Å². The van der Waals surface area contributed by atoms with Crippen LogP contribution in [0.1, 0.15) is 30.5 Å². The number of rotatable bonds is 3. The Balaban J connectivity index is 1.76. The average molecular weight is 315 g/mol. The van der Waals surface area contributed by atoms with E-state index in [1.165, 1.54) is 11.1 Å². The summed E-state index contributed by atoms with van der Waals surface area (Å²) in [5.41, 5.74) is 3.24. The highest BCUT2D eigenvalue weighted by atomic mass is 16.7. The van der Waals surface area contributed by atoms with Gasteiger partial charge in [0.25, 0.3) is 0 Å². The minimum Gasteiger partial charge on any atom is -0.262 e. The predicted molar refractivity (Wildman–Crippen MR) is 97.6 cm³/mol. The van der Waals surface area contributed by atoms with Crippen LogP contribution < -0.4 is 5.06 Å². The van der Waals surface area contributed by atoms with E-state index >= 15 is 0 Å². The molecule has 120 valence electrons. The maximum absolute atomic E-state index is 6.52. The van der Waals surface area contributed by atoms with Crippen LogP contribution in [0.5, 0.6) is 0 Å². The summed E-state index contributed by atoms with van der Waals surface area (Å²) in [7, 11) is 0. The summed E-state index contributed by atoms with van der Waals surface area (Å²) in [6.45, 7) is 2.18. The van der Waals surface area contributed by atoms with Crippen LogP contribution in [0, 0.1) is 0 Å². The van der Waals surface area contributed by atoms with Gasteiger partial charge in [-0.25, -0.2) is 5.06 Å². The van der Waals surface area contributed by atoms with Crippen molar-refractivity contribution in [2.75, 3.05) is 5.06 Å². The molecule has 0 bridgehead atoms. The highest BCUT2D eigenvalue weighted by Crippen LogP contribution is 2.47. The minimum atomic E-state index is -0.336. The van der Waals surface area contributed by atoms with Crippen LogP contribution in [0.2, 0.25) is 0 Å². The third-order valence-corrected chi connectivity index (χ3v) is 4.75. The molecule has 1 fully saturated rings. The molecular weight excluding hydrogens is 294 g/mol. The number of benzene rings is 3. The smallest absolute Gasteiger partial charge is 0.121 e. The van der Waals surface area contributed by atoms with Crippen molar-refractivity contribution in [1.82, 2.24) is 0 Å². The third-order valence-electron chi connectivity index (χ3n) is 4.75. The first-order chi connectivity index (χ1) is 11.8. The van der Waals surface area contributed by atoms with Gasteiger partial charge in [-0.1, -0.05) is 78.9 Å². The lowest BCUT2D eigenvalue weighted by molar-refractivity contribution is -0.00264. The van der Waals surface area contributed by atoms with Crippen LogP contribution in [0.15, 0.2) is 91.0 Å². The summed E-state index contributed by atoms with van der Waals surface area (Å²) < 4.78 is 0. The van der Waals surface area contributed by atoms with Crippen LogP contribution in [-0.4, -0.2) is 0 Å². The molecule has 4 rings (SSSR count). The topological polar surface area (TPSA) is 12.5 Å². The molecular formula is C22H21NO. The summed E-state index contributed by atoms with van der Waals surface area (Å²) >= 11 is 0. The minimum absolute atomic E-state index is 0.193. The lowest BCUT2D eigenvalue weighted by Crippen LogP contribution is -2.25. The Hall–Kier alpha value is -2.58. The zero-order valence-electron chi connectivity index (χ0n) is 13.8. The van der Waals surface area contributed by atoms with Gasteiger partial charge in [-0.05, 0) is 30.2 Å². The van der Waals surface area contributed by atoms with Gasteiger partial charge in [0.15, 0.2) is 0 Å². The molecule has 1 aliphatic rings. The molecule has 3 aromatic rings. The van der Waals surface area contributed by atoms with Crippen molar-refractivity contribution in [1.29, 1.82) is 0 Å². The standard InChI is InChI=1S/C22H21NO/c1-22(19-13-7-3-8-14-19)17-21(18-11-5-2-6-12-18)23(24-22)20-15-9-4-10-16-20/h2-16,21H,17H2,1H3/t21-,22-/m1/s1. The van der Waals surface area contributed by atoms with Crippen LogP contribution in [0.25, 0.3) is 0 Å². The normalized spacial score (nSPS) is 23.4. The summed E-state index contributed by atoms with van der Waals surface area (Å²) in [6, 6.07) is 31.7. The van der Waals surface area contributed by atoms with Crippen molar-refractivity contribution in [2.45, 2.75) is 25.0 Å². The molecule has 1 aliphatic heterocycles. The predicted octanol–water partition coefficient (Wildman–Crippen LogP) is 5.49. The van der Waals surface area contributed by atoms with Gasteiger partial charge >= 0.3 is 0 Å². The first-order valence-corrected chi connectivity index (χ1v) is 8.40. The summed E-state index contributed by atoms with van der Waals surface area (Å²) in [5.74, 6) is 0. The summed E-state index contributed by atoms with van der Waals surface area (Å²) in [4.78, 5) is 6.52. The van der Waals surface area contributed by atoms with Crippen LogP contribution in [0.4, 0.5) is 5.69 Å². The second-order valence-electron chi connectivity index (χ2n) is 6.48. The van der Waals surface area contributed by atoms with Gasteiger partial charge < -0.3 is 0 Å². The number of hydroxylamine groups is 1. The van der Waals surface area contributed by atoms with E-state index in [2.05, 4.69) is 90.8 Å². The molecule has 24 heavy (non-hydrogen) atoms. The van der Waals surface area contributed by atoms with Crippen molar-refractivity contribution >= 4 is 5.69 Å². The molecule has 0 aliphatic carbocycles. The van der Waals surface area contributed by atoms with Gasteiger partial charge in [0.1, 0.15) is 5.60 Å². The number of hydrogen-bond acceptors (Lipinski definition) is 2. The fraction of sp³-hybridized carbons (Fsp3) is 0.182. The highest BCUT2D eigenvalue weighted by molar-refractivity contribution is 5.48. The Morgan fingerprint density at radius 2 is 1.33 bits per heavy atom. The van der Waals surface area contributed by atoms with Crippen LogP contribution >= 0.6 is 0 Å². The fourth-order valence-electron chi connectivity index (χ4n) is 3.47. The molecule has 0 N–H and O–H groups in total. The van der Waals surface area contributed by atoms with E-state index in [0.717, 1.165) is 12.1 Å². The van der Waals surface area contributed by atoms with Crippen molar-refractivity contribution in [3.63, 3.8) is 0 Å². The highest BCUT2D eigenvalue weighted by Gasteiger charge is 2.44. The molecule has 0 saturated carbocycles. The summed E-state index contributed by atoms with van der Waals surface area (Å²) in [6.07, 6.45) is 0.913. The molecule has 2 atom stereocenters. The first-order valence-electron chi connectivity index (χ1n) is 8.40. The molecule has 1 saturated heterocycles. The maximum atomic E-state index is 6.52. The number of anilines is 1. The average Bonchev–Trinajstić information content (AvgIpc) is 3.03. The molecule has 2 nitrogen and oxygen atoms in total. The van der Waals surface area contributed by atoms with E-state index in [4.69, 9.17) is 4.84 Å². The molecule has 0 aromatic heterocycles. The van der Waals surface area contributed by atoms with Crippen molar-refractivity contribution in [3.8, 4) is 0 Å². The van der Waals surface area contributed by atoms with Gasteiger partial charge in [-0.15, -0.1) is 0 Å². The van der Waals surface area contributed by atoms with Gasteiger partial charge in [0, 0.05) is 6.42 Å². The largest absolute Gasteiger partial charge is 0.262 e. The fourth-order valence-corrected chi connectivity index (χ4v) is 3.47. The number of hydrogen-bond donors (Lipinski definition) is 0. The second-order valence-corrected chi connectivity index (χ2v) is 6.48. The van der Waals surface area contributed by atoms with E-state index in [1.807, 2.05) is 12.1 Å². The van der Waals surface area contributed by atoms with E-state index in [0.29, 0.717) is 0 Å². The van der Waals surface area contributed by atoms with Gasteiger partial charge in [0.2, 0.25) is 0 Å².